The van der Waals surface area contributed by atoms with Crippen LogP contribution in [0.15, 0.2) is 0 Å². The second kappa shape index (κ2) is 11.4. The number of hydrogen-bond acceptors (Lipinski definition) is 3. The van der Waals surface area contributed by atoms with Gasteiger partial charge in [0.15, 0.2) is 0 Å². The van der Waals surface area contributed by atoms with Crippen LogP contribution in [-0.4, -0.2) is 50.3 Å². The van der Waals surface area contributed by atoms with Gasteiger partial charge in [-0.2, -0.15) is 0 Å². The molecule has 0 spiro atoms. The highest BCUT2D eigenvalue weighted by atomic mass is 16.5. The molecule has 1 N–H and O–H groups in total. The second-order valence-corrected chi connectivity index (χ2v) is 4.38. The molecule has 0 unspecified atom stereocenters. The van der Waals surface area contributed by atoms with Gasteiger partial charge in [-0.3, -0.25) is 4.90 Å². The summed E-state index contributed by atoms with van der Waals surface area (Å²) in [6.45, 7) is 15.0. The van der Waals surface area contributed by atoms with Gasteiger partial charge in [0, 0.05) is 32.3 Å². The molecule has 0 saturated carbocycles. The Hall–Kier alpha value is -0.120. The highest BCUT2D eigenvalue weighted by Crippen LogP contribution is 1.95. The first-order valence-corrected chi connectivity index (χ1v) is 6.74. The third-order valence-electron chi connectivity index (χ3n) is 2.81. The van der Waals surface area contributed by atoms with Crippen LogP contribution in [0.5, 0.6) is 0 Å². The number of likely N-dealkylation sites (N-methyl/N-ethyl adjacent to an activating group) is 1. The van der Waals surface area contributed by atoms with E-state index >= 15 is 0 Å². The van der Waals surface area contributed by atoms with E-state index in [0.29, 0.717) is 6.04 Å². The van der Waals surface area contributed by atoms with Crippen LogP contribution in [-0.2, 0) is 4.74 Å². The molecule has 0 aromatic carbocycles. The lowest BCUT2D eigenvalue weighted by atomic mass is 10.3. The fourth-order valence-electron chi connectivity index (χ4n) is 1.73. The molecular weight excluding hydrogens is 200 g/mol. The molecule has 0 aromatic heterocycles. The highest BCUT2D eigenvalue weighted by molar-refractivity contribution is 4.62. The van der Waals surface area contributed by atoms with Gasteiger partial charge in [-0.1, -0.05) is 6.92 Å². The smallest absolute Gasteiger partial charge is 0.0466 e. The van der Waals surface area contributed by atoms with Crippen LogP contribution in [0.1, 0.15) is 40.5 Å². The molecule has 0 fully saturated rings. The molecule has 0 aliphatic rings. The van der Waals surface area contributed by atoms with Crippen molar-refractivity contribution in [2.45, 2.75) is 46.6 Å². The van der Waals surface area contributed by atoms with E-state index in [1.54, 1.807) is 0 Å². The van der Waals surface area contributed by atoms with Crippen LogP contribution in [0.4, 0.5) is 0 Å². The van der Waals surface area contributed by atoms with Gasteiger partial charge >= 0.3 is 0 Å². The van der Waals surface area contributed by atoms with Crippen LogP contribution >= 0.6 is 0 Å². The predicted octanol–water partition coefficient (Wildman–Crippen LogP) is 2.12. The summed E-state index contributed by atoms with van der Waals surface area (Å²) in [7, 11) is 0. The average molecular weight is 230 g/mol. The van der Waals surface area contributed by atoms with Crippen LogP contribution in [0, 0.1) is 0 Å². The van der Waals surface area contributed by atoms with Gasteiger partial charge in [-0.15, -0.1) is 0 Å². The standard InChI is InChI=1S/C13H30N2O/c1-5-15(13(3)4)11-10-14-9-7-8-12-16-6-2/h13-14H,5-12H2,1-4H3. The van der Waals surface area contributed by atoms with E-state index in [0.717, 1.165) is 39.4 Å². The van der Waals surface area contributed by atoms with Crippen molar-refractivity contribution in [1.29, 1.82) is 0 Å². The Labute approximate surface area is 102 Å². The summed E-state index contributed by atoms with van der Waals surface area (Å²) in [4.78, 5) is 2.48. The van der Waals surface area contributed by atoms with Crippen molar-refractivity contribution >= 4 is 0 Å². The third kappa shape index (κ3) is 9.13. The summed E-state index contributed by atoms with van der Waals surface area (Å²) in [6, 6.07) is 0.657. The predicted molar refractivity (Wildman–Crippen MR) is 71.0 cm³/mol. The lowest BCUT2D eigenvalue weighted by Gasteiger charge is -2.24. The molecule has 3 heteroatoms. The SMILES string of the molecule is CCOCCCCNCCN(CC)C(C)C. The third-order valence-corrected chi connectivity index (χ3v) is 2.81. The average Bonchev–Trinajstić information content (AvgIpc) is 2.26. The lowest BCUT2D eigenvalue weighted by molar-refractivity contribution is 0.143. The fourth-order valence-corrected chi connectivity index (χ4v) is 1.73. The monoisotopic (exact) mass is 230 g/mol. The largest absolute Gasteiger partial charge is 0.382 e. The molecular formula is C13H30N2O. The summed E-state index contributed by atoms with van der Waals surface area (Å²) in [5, 5.41) is 3.48. The Morgan fingerprint density at radius 2 is 1.88 bits per heavy atom. The molecule has 0 heterocycles. The van der Waals surface area contributed by atoms with Gasteiger partial charge in [0.2, 0.25) is 0 Å². The fraction of sp³-hybridized carbons (Fsp3) is 1.00. The molecule has 3 nitrogen and oxygen atoms in total. The first-order chi connectivity index (χ1) is 7.72. The van der Waals surface area contributed by atoms with E-state index in [1.807, 2.05) is 6.92 Å². The van der Waals surface area contributed by atoms with Gasteiger partial charge in [-0.05, 0) is 46.7 Å². The van der Waals surface area contributed by atoms with Gasteiger partial charge in [0.25, 0.3) is 0 Å². The van der Waals surface area contributed by atoms with E-state index in [2.05, 4.69) is 31.0 Å². The molecule has 0 rings (SSSR count). The molecule has 16 heavy (non-hydrogen) atoms. The Morgan fingerprint density at radius 3 is 2.44 bits per heavy atom. The zero-order valence-electron chi connectivity index (χ0n) is 11.6. The Morgan fingerprint density at radius 1 is 1.12 bits per heavy atom. The molecule has 98 valence electrons. The zero-order valence-corrected chi connectivity index (χ0v) is 11.6. The topological polar surface area (TPSA) is 24.5 Å². The zero-order chi connectivity index (χ0) is 12.2. The second-order valence-electron chi connectivity index (χ2n) is 4.38. The number of ether oxygens (including phenoxy) is 1. The van der Waals surface area contributed by atoms with E-state index in [4.69, 9.17) is 4.74 Å². The molecule has 0 bridgehead atoms. The van der Waals surface area contributed by atoms with Crippen molar-refractivity contribution in [2.75, 3.05) is 39.4 Å². The summed E-state index contributed by atoms with van der Waals surface area (Å²) in [5.74, 6) is 0. The quantitative estimate of drug-likeness (QED) is 0.550. The Bertz CT molecular complexity index is 140. The molecule has 0 aliphatic carbocycles. The first-order valence-electron chi connectivity index (χ1n) is 6.74. The summed E-state index contributed by atoms with van der Waals surface area (Å²) in [5.41, 5.74) is 0. The lowest BCUT2D eigenvalue weighted by Crippen LogP contribution is -2.36. The molecule has 0 amide bonds. The number of nitrogens with one attached hydrogen (secondary N) is 1. The summed E-state index contributed by atoms with van der Waals surface area (Å²) < 4.78 is 5.29. The number of unbranched alkanes of at least 4 members (excludes halogenated alkanes) is 1. The minimum Gasteiger partial charge on any atom is -0.382 e. The van der Waals surface area contributed by atoms with Crippen LogP contribution in [0.2, 0.25) is 0 Å². The van der Waals surface area contributed by atoms with Gasteiger partial charge in [0.1, 0.15) is 0 Å². The number of hydrogen-bond donors (Lipinski definition) is 1. The maximum atomic E-state index is 5.29. The van der Waals surface area contributed by atoms with Gasteiger partial charge in [-0.25, -0.2) is 0 Å². The van der Waals surface area contributed by atoms with Gasteiger partial charge in [0.05, 0.1) is 0 Å². The van der Waals surface area contributed by atoms with Crippen molar-refractivity contribution < 1.29 is 4.74 Å². The van der Waals surface area contributed by atoms with Gasteiger partial charge < -0.3 is 10.1 Å². The maximum absolute atomic E-state index is 5.29. The minimum absolute atomic E-state index is 0.657. The highest BCUT2D eigenvalue weighted by Gasteiger charge is 2.04. The van der Waals surface area contributed by atoms with Crippen molar-refractivity contribution in [1.82, 2.24) is 10.2 Å². The molecule has 0 atom stereocenters. The van der Waals surface area contributed by atoms with Crippen LogP contribution in [0.3, 0.4) is 0 Å². The molecule has 0 aliphatic heterocycles. The number of nitrogens with zero attached hydrogens (tertiary/aromatic N) is 1. The maximum Gasteiger partial charge on any atom is 0.0466 e. The summed E-state index contributed by atoms with van der Waals surface area (Å²) in [6.07, 6.45) is 2.39. The summed E-state index contributed by atoms with van der Waals surface area (Å²) >= 11 is 0. The van der Waals surface area contributed by atoms with E-state index < -0.39 is 0 Å². The van der Waals surface area contributed by atoms with Crippen molar-refractivity contribution in [3.05, 3.63) is 0 Å². The van der Waals surface area contributed by atoms with Crippen molar-refractivity contribution in [3.63, 3.8) is 0 Å². The molecule has 0 radical (unpaired) electrons. The Kier molecular flexibility index (Phi) is 11.3. The normalized spacial score (nSPS) is 11.6. The van der Waals surface area contributed by atoms with Crippen molar-refractivity contribution in [2.24, 2.45) is 0 Å². The van der Waals surface area contributed by atoms with E-state index in [9.17, 15) is 0 Å². The first kappa shape index (κ1) is 15.9. The Balaban J connectivity index is 3.19. The minimum atomic E-state index is 0.657. The molecule has 0 aromatic rings. The van der Waals surface area contributed by atoms with Crippen LogP contribution in [0.25, 0.3) is 0 Å². The molecule has 0 saturated heterocycles. The van der Waals surface area contributed by atoms with Crippen molar-refractivity contribution in [3.8, 4) is 0 Å². The van der Waals surface area contributed by atoms with Crippen LogP contribution < -0.4 is 5.32 Å². The van der Waals surface area contributed by atoms with E-state index in [-0.39, 0.29) is 0 Å². The number of rotatable bonds is 11. The van der Waals surface area contributed by atoms with E-state index in [1.165, 1.54) is 12.8 Å².